The molecule has 3 nitrogen and oxygen atoms in total. The van der Waals surface area contributed by atoms with Crippen LogP contribution >= 0.6 is 23.8 Å². The van der Waals surface area contributed by atoms with Crippen molar-refractivity contribution < 1.29 is 4.39 Å². The number of nitrogens with zero attached hydrogens (tertiary/aromatic N) is 2. The first-order valence-corrected chi connectivity index (χ1v) is 11.1. The third-order valence-corrected chi connectivity index (χ3v) is 6.48. The van der Waals surface area contributed by atoms with E-state index in [9.17, 15) is 4.39 Å². The summed E-state index contributed by atoms with van der Waals surface area (Å²) in [6.45, 7) is 4.21. The molecule has 0 unspecified atom stereocenters. The molecule has 1 aliphatic heterocycles. The second-order valence-electron chi connectivity index (χ2n) is 7.81. The summed E-state index contributed by atoms with van der Waals surface area (Å²) in [7, 11) is 0. The first-order chi connectivity index (χ1) is 13.1. The van der Waals surface area contributed by atoms with Crippen LogP contribution in [0.5, 0.6) is 0 Å². The molecule has 2 aliphatic rings. The Hall–Kier alpha value is -0.910. The van der Waals surface area contributed by atoms with E-state index in [2.05, 4.69) is 15.1 Å². The van der Waals surface area contributed by atoms with Crippen LogP contribution < -0.4 is 5.32 Å². The summed E-state index contributed by atoms with van der Waals surface area (Å²) < 4.78 is 14.1. The number of benzene rings is 1. The molecule has 1 aliphatic carbocycles. The molecule has 0 radical (unpaired) electrons. The highest BCUT2D eigenvalue weighted by Gasteiger charge is 2.21. The Labute approximate surface area is 173 Å². The maximum absolute atomic E-state index is 14.1. The number of halogens is 2. The molecule has 0 spiro atoms. The van der Waals surface area contributed by atoms with E-state index in [0.717, 1.165) is 37.7 Å². The van der Waals surface area contributed by atoms with Gasteiger partial charge in [0.25, 0.3) is 0 Å². The smallest absolute Gasteiger partial charge is 0.169 e. The monoisotopic (exact) mass is 411 g/mol. The van der Waals surface area contributed by atoms with Crippen LogP contribution in [0, 0.1) is 5.82 Å². The van der Waals surface area contributed by atoms with Crippen molar-refractivity contribution in [1.29, 1.82) is 0 Å². The van der Waals surface area contributed by atoms with Gasteiger partial charge in [0.15, 0.2) is 5.11 Å². The van der Waals surface area contributed by atoms with Gasteiger partial charge in [0.1, 0.15) is 5.82 Å². The van der Waals surface area contributed by atoms with E-state index in [1.807, 2.05) is 0 Å². The van der Waals surface area contributed by atoms with Gasteiger partial charge in [-0.25, -0.2) is 4.39 Å². The summed E-state index contributed by atoms with van der Waals surface area (Å²) >= 11 is 11.9. The molecule has 1 saturated heterocycles. The number of nitrogens with one attached hydrogen (secondary N) is 1. The summed E-state index contributed by atoms with van der Waals surface area (Å²) in [6.07, 6.45) is 10.2. The van der Waals surface area contributed by atoms with Gasteiger partial charge < -0.3 is 10.2 Å². The molecule has 1 saturated carbocycles. The average Bonchev–Trinajstić information content (AvgIpc) is 2.86. The predicted molar refractivity (Wildman–Crippen MR) is 115 cm³/mol. The second-order valence-corrected chi connectivity index (χ2v) is 8.60. The molecule has 1 aromatic carbocycles. The third kappa shape index (κ3) is 6.30. The molecule has 3 rings (SSSR count). The van der Waals surface area contributed by atoms with Crippen molar-refractivity contribution in [3.63, 3.8) is 0 Å². The lowest BCUT2D eigenvalue weighted by Gasteiger charge is -2.29. The Morgan fingerprint density at radius 2 is 1.78 bits per heavy atom. The highest BCUT2D eigenvalue weighted by molar-refractivity contribution is 7.80. The van der Waals surface area contributed by atoms with Crippen molar-refractivity contribution in [2.24, 2.45) is 0 Å². The predicted octanol–water partition coefficient (Wildman–Crippen LogP) is 4.97. The molecule has 27 heavy (non-hydrogen) atoms. The molecule has 0 amide bonds. The number of rotatable bonds is 3. The Bertz CT molecular complexity index is 599. The van der Waals surface area contributed by atoms with Crippen LogP contribution in [0.1, 0.15) is 56.9 Å². The molecule has 0 aromatic heterocycles. The third-order valence-electron chi connectivity index (χ3n) is 5.75. The quantitative estimate of drug-likeness (QED) is 0.707. The zero-order valence-electron chi connectivity index (χ0n) is 16.1. The van der Waals surface area contributed by atoms with Gasteiger partial charge >= 0.3 is 0 Å². The zero-order chi connectivity index (χ0) is 19.1. The molecule has 1 aromatic rings. The maximum atomic E-state index is 14.1. The zero-order valence-corrected chi connectivity index (χ0v) is 17.6. The number of hydrogen-bond acceptors (Lipinski definition) is 2. The Balaban J connectivity index is 1.50. The lowest BCUT2D eigenvalue weighted by molar-refractivity contribution is 0.273. The summed E-state index contributed by atoms with van der Waals surface area (Å²) in [5.41, 5.74) is 0.600. The summed E-state index contributed by atoms with van der Waals surface area (Å²) in [5, 5.41) is 5.03. The lowest BCUT2D eigenvalue weighted by Crippen LogP contribution is -2.46. The van der Waals surface area contributed by atoms with Crippen molar-refractivity contribution >= 4 is 28.9 Å². The fourth-order valence-electron chi connectivity index (χ4n) is 4.11. The van der Waals surface area contributed by atoms with Gasteiger partial charge in [0.2, 0.25) is 0 Å². The summed E-state index contributed by atoms with van der Waals surface area (Å²) in [4.78, 5) is 4.57. The molecule has 1 heterocycles. The minimum Gasteiger partial charge on any atom is -0.360 e. The molecule has 150 valence electrons. The molecule has 6 heteroatoms. The van der Waals surface area contributed by atoms with Crippen LogP contribution in [0.3, 0.4) is 0 Å². The van der Waals surface area contributed by atoms with Gasteiger partial charge in [-0.2, -0.15) is 0 Å². The highest BCUT2D eigenvalue weighted by Crippen LogP contribution is 2.22. The van der Waals surface area contributed by atoms with E-state index in [1.54, 1.807) is 12.1 Å². The van der Waals surface area contributed by atoms with Crippen LogP contribution in [0.15, 0.2) is 18.2 Å². The van der Waals surface area contributed by atoms with E-state index in [1.165, 1.54) is 51.0 Å². The van der Waals surface area contributed by atoms with Gasteiger partial charge in [-0.1, -0.05) is 49.8 Å². The van der Waals surface area contributed by atoms with Crippen molar-refractivity contribution in [2.75, 3.05) is 26.2 Å². The van der Waals surface area contributed by atoms with Crippen LogP contribution in [0.4, 0.5) is 4.39 Å². The Kier molecular flexibility index (Phi) is 8.16. The lowest BCUT2D eigenvalue weighted by atomic mass is 9.97. The van der Waals surface area contributed by atoms with Crippen molar-refractivity contribution in [3.8, 4) is 0 Å². The minimum atomic E-state index is -0.218. The van der Waals surface area contributed by atoms with Crippen LogP contribution in [-0.4, -0.2) is 47.1 Å². The molecular weight excluding hydrogens is 381 g/mol. The minimum absolute atomic E-state index is 0.218. The Morgan fingerprint density at radius 3 is 2.52 bits per heavy atom. The van der Waals surface area contributed by atoms with Crippen molar-refractivity contribution in [2.45, 2.75) is 64.0 Å². The maximum Gasteiger partial charge on any atom is 0.169 e. The average molecular weight is 412 g/mol. The van der Waals surface area contributed by atoms with E-state index in [4.69, 9.17) is 23.8 Å². The molecule has 1 N–H and O–H groups in total. The van der Waals surface area contributed by atoms with Gasteiger partial charge in [-0.3, -0.25) is 4.90 Å². The highest BCUT2D eigenvalue weighted by atomic mass is 35.5. The van der Waals surface area contributed by atoms with Gasteiger partial charge in [-0.05, 0) is 43.6 Å². The molecule has 2 fully saturated rings. The largest absolute Gasteiger partial charge is 0.360 e. The van der Waals surface area contributed by atoms with E-state index >= 15 is 0 Å². The first-order valence-electron chi connectivity index (χ1n) is 10.3. The summed E-state index contributed by atoms with van der Waals surface area (Å²) in [6, 6.07) is 5.43. The first kappa shape index (κ1) is 20.8. The molecule has 0 atom stereocenters. The Morgan fingerprint density at radius 1 is 1.04 bits per heavy atom. The number of thiocarbonyl (C=S) groups is 1. The fraction of sp³-hybridized carbons (Fsp3) is 0.667. The fourth-order valence-corrected chi connectivity index (χ4v) is 4.68. The van der Waals surface area contributed by atoms with Gasteiger partial charge in [0.05, 0.1) is 0 Å². The standard InChI is InChI=1S/C21H31ClFN3S/c22-19-10-6-11-20(23)18(19)16-25-12-7-13-26(15-14-25)21(27)24-17-8-4-2-1-3-5-9-17/h6,10-11,17H,1-5,7-9,12-16H2,(H,24,27). The van der Waals surface area contributed by atoms with E-state index in [0.29, 0.717) is 23.2 Å². The molecular formula is C21H31ClFN3S. The van der Waals surface area contributed by atoms with Crippen molar-refractivity contribution in [3.05, 3.63) is 34.6 Å². The van der Waals surface area contributed by atoms with E-state index < -0.39 is 0 Å². The summed E-state index contributed by atoms with van der Waals surface area (Å²) in [5.74, 6) is -0.218. The van der Waals surface area contributed by atoms with Crippen LogP contribution in [-0.2, 0) is 6.54 Å². The SMILES string of the molecule is Fc1cccc(Cl)c1CN1CCCN(C(=S)NC2CCCCCCC2)CC1. The topological polar surface area (TPSA) is 18.5 Å². The van der Waals surface area contributed by atoms with Gasteiger partial charge in [0, 0.05) is 49.4 Å². The second kappa shape index (κ2) is 10.6. The van der Waals surface area contributed by atoms with Crippen molar-refractivity contribution in [1.82, 2.24) is 15.1 Å². The van der Waals surface area contributed by atoms with Crippen LogP contribution in [0.2, 0.25) is 5.02 Å². The number of hydrogen-bond donors (Lipinski definition) is 1. The van der Waals surface area contributed by atoms with Gasteiger partial charge in [-0.15, -0.1) is 0 Å². The van der Waals surface area contributed by atoms with E-state index in [-0.39, 0.29) is 5.82 Å². The van der Waals surface area contributed by atoms with Crippen LogP contribution in [0.25, 0.3) is 0 Å². The normalized spacial score (nSPS) is 20.6. The molecule has 0 bridgehead atoms.